The molecule has 4 heteroatoms. The minimum Gasteiger partial charge on any atom is -0.378 e. The fourth-order valence-corrected chi connectivity index (χ4v) is 2.81. The minimum atomic E-state index is 0.299. The Morgan fingerprint density at radius 2 is 1.58 bits per heavy atom. The number of rotatable bonds is 3. The molecule has 0 spiro atoms. The van der Waals surface area contributed by atoms with Crippen molar-refractivity contribution in [3.05, 3.63) is 12.3 Å². The molecule has 0 radical (unpaired) electrons. The van der Waals surface area contributed by atoms with Crippen molar-refractivity contribution in [1.82, 2.24) is 14.7 Å². The van der Waals surface area contributed by atoms with Crippen LogP contribution in [0.15, 0.2) is 12.3 Å². The number of morpholine rings is 1. The summed E-state index contributed by atoms with van der Waals surface area (Å²) in [5.74, 6) is 0. The lowest BCUT2D eigenvalue weighted by atomic mass is 10.0. The predicted molar refractivity (Wildman–Crippen MR) is 79.3 cm³/mol. The fourth-order valence-electron chi connectivity index (χ4n) is 2.81. The van der Waals surface area contributed by atoms with Crippen molar-refractivity contribution in [1.29, 1.82) is 0 Å². The van der Waals surface area contributed by atoms with E-state index >= 15 is 0 Å². The van der Waals surface area contributed by atoms with Crippen LogP contribution in [-0.2, 0) is 4.74 Å². The van der Waals surface area contributed by atoms with Crippen molar-refractivity contribution < 1.29 is 4.74 Å². The quantitative estimate of drug-likeness (QED) is 0.766. The topological polar surface area (TPSA) is 19.0 Å². The van der Waals surface area contributed by atoms with Gasteiger partial charge in [0.25, 0.3) is 0 Å². The molecular weight excluding hydrogens is 238 g/mol. The van der Waals surface area contributed by atoms with Gasteiger partial charge in [0.15, 0.2) is 0 Å². The van der Waals surface area contributed by atoms with Gasteiger partial charge >= 0.3 is 0 Å². The van der Waals surface area contributed by atoms with E-state index in [9.17, 15) is 0 Å². The van der Waals surface area contributed by atoms with Crippen LogP contribution < -0.4 is 0 Å². The molecule has 2 fully saturated rings. The third-order valence-electron chi connectivity index (χ3n) is 4.19. The van der Waals surface area contributed by atoms with Crippen molar-refractivity contribution >= 4 is 0 Å². The summed E-state index contributed by atoms with van der Waals surface area (Å²) in [6, 6.07) is 0. The molecule has 0 aromatic rings. The van der Waals surface area contributed by atoms with Gasteiger partial charge in [-0.2, -0.15) is 0 Å². The van der Waals surface area contributed by atoms with Crippen molar-refractivity contribution in [2.75, 3.05) is 59.0 Å². The molecule has 0 aliphatic carbocycles. The standard InChI is InChI=1S/C15H29N3O/c1-14(17-9-11-19-12-10-17)13-16-5-7-18(8-6-16)15(2,3)4/h1,5-13H2,2-4H3. The van der Waals surface area contributed by atoms with Crippen molar-refractivity contribution in [3.63, 3.8) is 0 Å². The summed E-state index contributed by atoms with van der Waals surface area (Å²) in [4.78, 5) is 7.47. The van der Waals surface area contributed by atoms with E-state index in [0.29, 0.717) is 5.54 Å². The molecule has 2 aliphatic heterocycles. The van der Waals surface area contributed by atoms with Gasteiger partial charge in [0.2, 0.25) is 0 Å². The van der Waals surface area contributed by atoms with Crippen LogP contribution in [0.4, 0.5) is 0 Å². The molecule has 0 amide bonds. The molecule has 0 aromatic carbocycles. The molecule has 0 bridgehead atoms. The van der Waals surface area contributed by atoms with E-state index in [0.717, 1.165) is 45.9 Å². The summed E-state index contributed by atoms with van der Waals surface area (Å²) in [6.45, 7) is 20.5. The van der Waals surface area contributed by atoms with E-state index in [2.05, 4.69) is 42.0 Å². The van der Waals surface area contributed by atoms with Gasteiger partial charge in [0.1, 0.15) is 0 Å². The van der Waals surface area contributed by atoms with Gasteiger partial charge in [0, 0.05) is 57.0 Å². The van der Waals surface area contributed by atoms with Crippen LogP contribution in [0.2, 0.25) is 0 Å². The molecule has 2 saturated heterocycles. The van der Waals surface area contributed by atoms with Gasteiger partial charge in [-0.25, -0.2) is 0 Å². The van der Waals surface area contributed by atoms with Gasteiger partial charge in [-0.3, -0.25) is 9.80 Å². The van der Waals surface area contributed by atoms with Crippen LogP contribution in [0.25, 0.3) is 0 Å². The summed E-state index contributed by atoms with van der Waals surface area (Å²) < 4.78 is 5.39. The van der Waals surface area contributed by atoms with E-state index in [1.165, 1.54) is 18.8 Å². The Kier molecular flexibility index (Phi) is 4.87. The minimum absolute atomic E-state index is 0.299. The molecule has 0 N–H and O–H groups in total. The number of piperazine rings is 1. The van der Waals surface area contributed by atoms with Crippen LogP contribution in [0, 0.1) is 0 Å². The van der Waals surface area contributed by atoms with Gasteiger partial charge in [0.05, 0.1) is 13.2 Å². The smallest absolute Gasteiger partial charge is 0.0642 e. The predicted octanol–water partition coefficient (Wildman–Crippen LogP) is 1.25. The van der Waals surface area contributed by atoms with Crippen molar-refractivity contribution in [2.45, 2.75) is 26.3 Å². The largest absolute Gasteiger partial charge is 0.378 e. The van der Waals surface area contributed by atoms with E-state index in [4.69, 9.17) is 4.74 Å². The summed E-state index contributed by atoms with van der Waals surface area (Å²) in [5, 5.41) is 0. The molecular formula is C15H29N3O. The molecule has 0 unspecified atom stereocenters. The molecule has 4 nitrogen and oxygen atoms in total. The second-order valence-electron chi connectivity index (χ2n) is 6.60. The van der Waals surface area contributed by atoms with Gasteiger partial charge in [-0.1, -0.05) is 6.58 Å². The Morgan fingerprint density at radius 1 is 1.00 bits per heavy atom. The zero-order chi connectivity index (χ0) is 13.9. The SMILES string of the molecule is C=C(CN1CCN(C(C)(C)C)CC1)N1CCOCC1. The highest BCUT2D eigenvalue weighted by Crippen LogP contribution is 2.17. The lowest BCUT2D eigenvalue weighted by molar-refractivity contribution is 0.0407. The monoisotopic (exact) mass is 267 g/mol. The Bertz CT molecular complexity index is 297. The fraction of sp³-hybridized carbons (Fsp3) is 0.867. The normalized spacial score (nSPS) is 23.6. The first-order chi connectivity index (χ1) is 8.97. The first-order valence-electron chi connectivity index (χ1n) is 7.45. The van der Waals surface area contributed by atoms with Gasteiger partial charge < -0.3 is 9.64 Å². The van der Waals surface area contributed by atoms with Crippen molar-refractivity contribution in [3.8, 4) is 0 Å². The van der Waals surface area contributed by atoms with Gasteiger partial charge in [-0.05, 0) is 20.8 Å². The molecule has 0 atom stereocenters. The second kappa shape index (κ2) is 6.25. The number of ether oxygens (including phenoxy) is 1. The maximum Gasteiger partial charge on any atom is 0.0642 e. The second-order valence-corrected chi connectivity index (χ2v) is 6.60. The molecule has 2 rings (SSSR count). The van der Waals surface area contributed by atoms with Crippen molar-refractivity contribution in [2.24, 2.45) is 0 Å². The molecule has 0 aromatic heterocycles. The average Bonchev–Trinajstić information content (AvgIpc) is 2.39. The molecule has 0 saturated carbocycles. The zero-order valence-electron chi connectivity index (χ0n) is 12.8. The average molecular weight is 267 g/mol. The van der Waals surface area contributed by atoms with Gasteiger partial charge in [-0.15, -0.1) is 0 Å². The van der Waals surface area contributed by atoms with E-state index in [1.54, 1.807) is 0 Å². The third kappa shape index (κ3) is 4.20. The zero-order valence-corrected chi connectivity index (χ0v) is 12.8. The number of nitrogens with zero attached hydrogens (tertiary/aromatic N) is 3. The Morgan fingerprint density at radius 3 is 2.11 bits per heavy atom. The maximum absolute atomic E-state index is 5.39. The summed E-state index contributed by atoms with van der Waals surface area (Å²) >= 11 is 0. The molecule has 19 heavy (non-hydrogen) atoms. The Hall–Kier alpha value is -0.580. The summed E-state index contributed by atoms with van der Waals surface area (Å²) in [5.41, 5.74) is 1.56. The first-order valence-corrected chi connectivity index (χ1v) is 7.45. The highest BCUT2D eigenvalue weighted by Gasteiger charge is 2.26. The third-order valence-corrected chi connectivity index (χ3v) is 4.19. The van der Waals surface area contributed by atoms with Crippen LogP contribution in [0.5, 0.6) is 0 Å². The molecule has 2 heterocycles. The first kappa shape index (κ1) is 14.8. The number of hydrogen-bond donors (Lipinski definition) is 0. The number of hydrogen-bond acceptors (Lipinski definition) is 4. The lowest BCUT2D eigenvalue weighted by Crippen LogP contribution is -2.54. The van der Waals surface area contributed by atoms with Crippen LogP contribution in [0.1, 0.15) is 20.8 Å². The Balaban J connectivity index is 1.74. The van der Waals surface area contributed by atoms with E-state index in [1.807, 2.05) is 0 Å². The van der Waals surface area contributed by atoms with Crippen LogP contribution >= 0.6 is 0 Å². The maximum atomic E-state index is 5.39. The van der Waals surface area contributed by atoms with E-state index < -0.39 is 0 Å². The summed E-state index contributed by atoms with van der Waals surface area (Å²) in [7, 11) is 0. The van der Waals surface area contributed by atoms with E-state index in [-0.39, 0.29) is 0 Å². The molecule has 110 valence electrons. The molecule has 2 aliphatic rings. The summed E-state index contributed by atoms with van der Waals surface area (Å²) in [6.07, 6.45) is 0. The highest BCUT2D eigenvalue weighted by molar-refractivity contribution is 4.99. The van der Waals surface area contributed by atoms with Crippen LogP contribution in [-0.4, -0.2) is 79.3 Å². The lowest BCUT2D eigenvalue weighted by Gasteiger charge is -2.43. The van der Waals surface area contributed by atoms with Crippen LogP contribution in [0.3, 0.4) is 0 Å². The highest BCUT2D eigenvalue weighted by atomic mass is 16.5. The Labute approximate surface area is 118 Å².